The third-order valence-corrected chi connectivity index (χ3v) is 3.85. The van der Waals surface area contributed by atoms with E-state index in [1.54, 1.807) is 0 Å². The van der Waals surface area contributed by atoms with Crippen molar-refractivity contribution in [3.63, 3.8) is 0 Å². The second-order valence-corrected chi connectivity index (χ2v) is 5.26. The lowest BCUT2D eigenvalue weighted by atomic mass is 10.1. The smallest absolute Gasteiger partial charge is 0.138 e. The van der Waals surface area contributed by atoms with Crippen LogP contribution in [0.4, 0.5) is 4.39 Å². The number of halogens is 1. The fraction of sp³-hybridized carbons (Fsp3) is 0.529. The van der Waals surface area contributed by atoms with E-state index >= 15 is 0 Å². The van der Waals surface area contributed by atoms with E-state index in [9.17, 15) is 4.39 Å². The molecule has 0 saturated carbocycles. The molecule has 1 N–H and O–H groups in total. The molecule has 108 valence electrons. The van der Waals surface area contributed by atoms with E-state index in [-0.39, 0.29) is 12.4 Å². The van der Waals surface area contributed by atoms with Crippen LogP contribution in [-0.4, -0.2) is 29.2 Å². The van der Waals surface area contributed by atoms with Gasteiger partial charge in [0.1, 0.15) is 5.82 Å². The van der Waals surface area contributed by atoms with Crippen molar-refractivity contribution in [2.24, 2.45) is 0 Å². The van der Waals surface area contributed by atoms with Gasteiger partial charge in [-0.05, 0) is 43.5 Å². The van der Waals surface area contributed by atoms with E-state index in [1.807, 2.05) is 12.1 Å². The van der Waals surface area contributed by atoms with E-state index in [0.29, 0.717) is 18.0 Å². The van der Waals surface area contributed by atoms with Crippen molar-refractivity contribution in [1.82, 2.24) is 4.90 Å². The summed E-state index contributed by atoms with van der Waals surface area (Å²) in [7, 11) is 0. The van der Waals surface area contributed by atoms with Crippen LogP contribution in [-0.2, 0) is 6.54 Å². The summed E-state index contributed by atoms with van der Waals surface area (Å²) in [6.07, 6.45) is 4.07. The molecule has 3 heteroatoms. The zero-order valence-electron chi connectivity index (χ0n) is 12.0. The summed E-state index contributed by atoms with van der Waals surface area (Å²) < 4.78 is 13.7. The second kappa shape index (κ2) is 7.42. The molecular weight excluding hydrogens is 253 g/mol. The lowest BCUT2D eigenvalue weighted by Crippen LogP contribution is -2.28. The van der Waals surface area contributed by atoms with Gasteiger partial charge >= 0.3 is 0 Å². The van der Waals surface area contributed by atoms with E-state index in [1.165, 1.54) is 25.3 Å². The summed E-state index contributed by atoms with van der Waals surface area (Å²) >= 11 is 0. The molecule has 1 aliphatic rings. The van der Waals surface area contributed by atoms with Gasteiger partial charge in [-0.2, -0.15) is 0 Å². The first-order chi connectivity index (χ1) is 9.74. The van der Waals surface area contributed by atoms with Crippen LogP contribution in [0, 0.1) is 17.7 Å². The van der Waals surface area contributed by atoms with E-state index < -0.39 is 0 Å². The zero-order valence-corrected chi connectivity index (χ0v) is 12.0. The number of hydrogen-bond donors (Lipinski definition) is 1. The maximum atomic E-state index is 13.7. The van der Waals surface area contributed by atoms with Gasteiger partial charge in [0, 0.05) is 19.0 Å². The van der Waals surface area contributed by atoms with Crippen LogP contribution in [0.3, 0.4) is 0 Å². The highest BCUT2D eigenvalue weighted by molar-refractivity contribution is 5.38. The van der Waals surface area contributed by atoms with Crippen LogP contribution >= 0.6 is 0 Å². The Bertz CT molecular complexity index is 503. The molecule has 1 aromatic carbocycles. The Hall–Kier alpha value is -1.37. The predicted octanol–water partition coefficient (Wildman–Crippen LogP) is 2.93. The molecule has 2 nitrogen and oxygen atoms in total. The predicted molar refractivity (Wildman–Crippen MR) is 78.7 cm³/mol. The molecule has 1 unspecified atom stereocenters. The third-order valence-electron chi connectivity index (χ3n) is 3.85. The maximum absolute atomic E-state index is 13.7. The van der Waals surface area contributed by atoms with E-state index in [2.05, 4.69) is 23.7 Å². The molecule has 1 aromatic rings. The van der Waals surface area contributed by atoms with Crippen LogP contribution in [0.1, 0.15) is 43.7 Å². The summed E-state index contributed by atoms with van der Waals surface area (Å²) in [5, 5.41) is 8.71. The molecule has 0 bridgehead atoms. The van der Waals surface area contributed by atoms with E-state index in [4.69, 9.17) is 5.11 Å². The van der Waals surface area contributed by atoms with Crippen molar-refractivity contribution >= 4 is 0 Å². The number of aliphatic hydroxyl groups is 1. The summed E-state index contributed by atoms with van der Waals surface area (Å²) in [5.74, 6) is 5.30. The topological polar surface area (TPSA) is 23.5 Å². The van der Waals surface area contributed by atoms with Crippen molar-refractivity contribution in [1.29, 1.82) is 0 Å². The maximum Gasteiger partial charge on any atom is 0.138 e. The van der Waals surface area contributed by atoms with Crippen LogP contribution < -0.4 is 0 Å². The van der Waals surface area contributed by atoms with Gasteiger partial charge in [-0.3, -0.25) is 4.90 Å². The average Bonchev–Trinajstić information content (AvgIpc) is 2.89. The Labute approximate surface area is 120 Å². The van der Waals surface area contributed by atoms with Crippen molar-refractivity contribution in [3.05, 3.63) is 35.1 Å². The molecular formula is C17H22FNO. The number of likely N-dealkylation sites (tertiary alicyclic amines) is 1. The highest BCUT2D eigenvalue weighted by Gasteiger charge is 2.22. The SMILES string of the molecule is CCC1CCCN1Cc1ccc(F)c(C#CCCO)c1. The third kappa shape index (κ3) is 3.82. The van der Waals surface area contributed by atoms with Gasteiger partial charge < -0.3 is 5.11 Å². The number of rotatable bonds is 4. The van der Waals surface area contributed by atoms with Gasteiger partial charge in [0.05, 0.1) is 12.2 Å². The van der Waals surface area contributed by atoms with Gasteiger partial charge in [-0.25, -0.2) is 4.39 Å². The molecule has 0 radical (unpaired) electrons. The molecule has 0 aromatic heterocycles. The first-order valence-corrected chi connectivity index (χ1v) is 7.36. The molecule has 2 rings (SSSR count). The van der Waals surface area contributed by atoms with Gasteiger partial charge in [0.25, 0.3) is 0 Å². The number of nitrogens with zero attached hydrogens (tertiary/aromatic N) is 1. The summed E-state index contributed by atoms with van der Waals surface area (Å²) in [4.78, 5) is 2.47. The van der Waals surface area contributed by atoms with Gasteiger partial charge in [0.15, 0.2) is 0 Å². The lowest BCUT2D eigenvalue weighted by molar-refractivity contribution is 0.240. The number of aliphatic hydroxyl groups excluding tert-OH is 1. The van der Waals surface area contributed by atoms with Crippen molar-refractivity contribution in [3.8, 4) is 11.8 Å². The Kier molecular flexibility index (Phi) is 5.58. The second-order valence-electron chi connectivity index (χ2n) is 5.26. The molecule has 1 fully saturated rings. The lowest BCUT2D eigenvalue weighted by Gasteiger charge is -2.23. The molecule has 1 saturated heterocycles. The molecule has 1 heterocycles. The highest BCUT2D eigenvalue weighted by Crippen LogP contribution is 2.22. The zero-order chi connectivity index (χ0) is 14.4. The fourth-order valence-corrected chi connectivity index (χ4v) is 2.78. The minimum atomic E-state index is -0.285. The number of hydrogen-bond acceptors (Lipinski definition) is 2. The first kappa shape index (κ1) is 15.0. The molecule has 0 amide bonds. The van der Waals surface area contributed by atoms with Gasteiger partial charge in [0.2, 0.25) is 0 Å². The van der Waals surface area contributed by atoms with Crippen LogP contribution in [0.2, 0.25) is 0 Å². The minimum Gasteiger partial charge on any atom is -0.395 e. The average molecular weight is 275 g/mol. The van der Waals surface area contributed by atoms with Gasteiger partial charge in [-0.15, -0.1) is 0 Å². The summed E-state index contributed by atoms with van der Waals surface area (Å²) in [6, 6.07) is 5.83. The van der Waals surface area contributed by atoms with Crippen LogP contribution in [0.15, 0.2) is 18.2 Å². The fourth-order valence-electron chi connectivity index (χ4n) is 2.78. The van der Waals surface area contributed by atoms with Crippen molar-refractivity contribution in [2.45, 2.75) is 45.2 Å². The van der Waals surface area contributed by atoms with Crippen molar-refractivity contribution < 1.29 is 9.50 Å². The Morgan fingerprint density at radius 3 is 3.05 bits per heavy atom. The Balaban J connectivity index is 2.09. The molecule has 0 aliphatic carbocycles. The highest BCUT2D eigenvalue weighted by atomic mass is 19.1. The normalized spacial score (nSPS) is 18.9. The molecule has 1 atom stereocenters. The molecule has 1 aliphatic heterocycles. The quantitative estimate of drug-likeness (QED) is 0.854. The van der Waals surface area contributed by atoms with Crippen molar-refractivity contribution in [2.75, 3.05) is 13.2 Å². The minimum absolute atomic E-state index is 0.0142. The Morgan fingerprint density at radius 2 is 2.30 bits per heavy atom. The van der Waals surface area contributed by atoms with Gasteiger partial charge in [-0.1, -0.05) is 24.8 Å². The molecule has 0 spiro atoms. The monoisotopic (exact) mass is 275 g/mol. The Morgan fingerprint density at radius 1 is 1.45 bits per heavy atom. The standard InChI is InChI=1S/C17H22FNO/c1-2-16-7-5-10-19(16)13-14-8-9-17(18)15(12-14)6-3-4-11-20/h8-9,12,16,20H,2,4-5,7,10-11,13H2,1H3. The van der Waals surface area contributed by atoms with E-state index in [0.717, 1.165) is 18.7 Å². The molecule has 20 heavy (non-hydrogen) atoms. The van der Waals surface area contributed by atoms with Crippen LogP contribution in [0.5, 0.6) is 0 Å². The summed E-state index contributed by atoms with van der Waals surface area (Å²) in [6.45, 7) is 4.23. The summed E-state index contributed by atoms with van der Waals surface area (Å²) in [5.41, 5.74) is 1.54. The van der Waals surface area contributed by atoms with Crippen LogP contribution in [0.25, 0.3) is 0 Å². The largest absolute Gasteiger partial charge is 0.395 e. The first-order valence-electron chi connectivity index (χ1n) is 7.36. The number of benzene rings is 1.